The normalized spacial score (nSPS) is 14.9. The molecule has 2 N–H and O–H groups in total. The number of carbonyl (C=O) groups excluding carboxylic acids is 2. The highest BCUT2D eigenvalue weighted by atomic mass is 32.2. The van der Waals surface area contributed by atoms with E-state index >= 15 is 0 Å². The van der Waals surface area contributed by atoms with E-state index in [0.717, 1.165) is 25.7 Å². The molecule has 7 nitrogen and oxygen atoms in total. The van der Waals surface area contributed by atoms with E-state index < -0.39 is 0 Å². The molecule has 1 heterocycles. The van der Waals surface area contributed by atoms with Crippen LogP contribution in [0.5, 0.6) is 0 Å². The highest BCUT2D eigenvalue weighted by molar-refractivity contribution is 7.99. The Kier molecular flexibility index (Phi) is 6.49. The van der Waals surface area contributed by atoms with Crippen molar-refractivity contribution < 1.29 is 9.59 Å². The average molecular weight is 388 g/mol. The molecule has 2 amide bonds. The molecular weight excluding hydrogens is 364 g/mol. The molecule has 8 heteroatoms. The van der Waals surface area contributed by atoms with Crippen molar-refractivity contribution in [2.24, 2.45) is 0 Å². The molecular formula is C19H24N4O3S. The lowest BCUT2D eigenvalue weighted by molar-refractivity contribution is -0.124. The Morgan fingerprint density at radius 3 is 2.67 bits per heavy atom. The Labute approximate surface area is 161 Å². The van der Waals surface area contributed by atoms with Gasteiger partial charge in [0.1, 0.15) is 0 Å². The minimum atomic E-state index is -0.263. The molecule has 1 aliphatic rings. The summed E-state index contributed by atoms with van der Waals surface area (Å²) in [5, 5.41) is 6.20. The number of fused-ring (bicyclic) bond motifs is 1. The van der Waals surface area contributed by atoms with E-state index in [1.165, 1.54) is 25.2 Å². The first-order valence-electron chi connectivity index (χ1n) is 9.21. The van der Waals surface area contributed by atoms with Crippen molar-refractivity contribution in [1.82, 2.24) is 20.2 Å². The molecule has 1 aromatic heterocycles. The zero-order valence-electron chi connectivity index (χ0n) is 15.4. The maximum absolute atomic E-state index is 13.1. The third-order valence-corrected chi connectivity index (χ3v) is 5.73. The fourth-order valence-electron chi connectivity index (χ4n) is 3.34. The van der Waals surface area contributed by atoms with Gasteiger partial charge in [0.25, 0.3) is 5.56 Å². The van der Waals surface area contributed by atoms with Gasteiger partial charge in [-0.15, -0.1) is 0 Å². The van der Waals surface area contributed by atoms with Crippen LogP contribution in [0.2, 0.25) is 0 Å². The van der Waals surface area contributed by atoms with Gasteiger partial charge in [0.2, 0.25) is 11.8 Å². The molecule has 0 aliphatic heterocycles. The number of para-hydroxylation sites is 1. The van der Waals surface area contributed by atoms with Crippen molar-refractivity contribution in [2.45, 2.75) is 43.3 Å². The molecule has 0 bridgehead atoms. The maximum Gasteiger partial charge on any atom is 0.262 e. The first kappa shape index (κ1) is 19.4. The van der Waals surface area contributed by atoms with E-state index in [-0.39, 0.29) is 35.7 Å². The molecule has 1 fully saturated rings. The highest BCUT2D eigenvalue weighted by Gasteiger charge is 2.22. The number of nitrogens with zero attached hydrogens (tertiary/aromatic N) is 2. The molecule has 1 aliphatic carbocycles. The zero-order chi connectivity index (χ0) is 19.2. The summed E-state index contributed by atoms with van der Waals surface area (Å²) >= 11 is 1.25. The van der Waals surface area contributed by atoms with Gasteiger partial charge in [-0.05, 0) is 25.0 Å². The maximum atomic E-state index is 13.1. The van der Waals surface area contributed by atoms with Crippen LogP contribution < -0.4 is 16.2 Å². The van der Waals surface area contributed by atoms with Crippen LogP contribution in [0.3, 0.4) is 0 Å². The molecule has 0 radical (unpaired) electrons. The van der Waals surface area contributed by atoms with Gasteiger partial charge in [0, 0.05) is 13.1 Å². The Bertz CT molecular complexity index is 890. The Morgan fingerprint density at radius 2 is 1.93 bits per heavy atom. The summed E-state index contributed by atoms with van der Waals surface area (Å²) in [6.07, 6.45) is 5.30. The second-order valence-electron chi connectivity index (χ2n) is 6.62. The molecule has 3 rings (SSSR count). The summed E-state index contributed by atoms with van der Waals surface area (Å²) in [4.78, 5) is 41.1. The third-order valence-electron chi connectivity index (χ3n) is 4.77. The second kappa shape index (κ2) is 9.03. The van der Waals surface area contributed by atoms with Crippen LogP contribution in [0.25, 0.3) is 10.9 Å². The minimum absolute atomic E-state index is 0.0410. The van der Waals surface area contributed by atoms with Crippen LogP contribution in [0.1, 0.15) is 38.1 Å². The van der Waals surface area contributed by atoms with Gasteiger partial charge in [0.15, 0.2) is 5.16 Å². The van der Waals surface area contributed by atoms with Crippen molar-refractivity contribution in [3.05, 3.63) is 34.6 Å². The first-order valence-corrected chi connectivity index (χ1v) is 10.2. The van der Waals surface area contributed by atoms with Crippen LogP contribution in [0.4, 0.5) is 0 Å². The van der Waals surface area contributed by atoms with E-state index in [9.17, 15) is 14.4 Å². The summed E-state index contributed by atoms with van der Waals surface area (Å²) in [7, 11) is 1.52. The number of aromatic nitrogens is 2. The topological polar surface area (TPSA) is 93.1 Å². The number of thioether (sulfide) groups is 1. The van der Waals surface area contributed by atoms with Crippen LogP contribution in [0.15, 0.2) is 34.2 Å². The van der Waals surface area contributed by atoms with Crippen LogP contribution in [0, 0.1) is 0 Å². The number of likely N-dealkylation sites (N-methyl/N-ethyl adjacent to an activating group) is 1. The summed E-state index contributed by atoms with van der Waals surface area (Å²) < 4.78 is 1.78. The first-order chi connectivity index (χ1) is 13.1. The highest BCUT2D eigenvalue weighted by Crippen LogP contribution is 2.30. The molecule has 27 heavy (non-hydrogen) atoms. The predicted octanol–water partition coefficient (Wildman–Crippen LogP) is 1.86. The van der Waals surface area contributed by atoms with Gasteiger partial charge >= 0.3 is 0 Å². The number of rotatable bonds is 6. The SMILES string of the molecule is CNC(=O)CNC(=O)CSc1nc2ccccc2c(=O)n1C1CCCCC1. The largest absolute Gasteiger partial charge is 0.358 e. The number of carbonyl (C=O) groups is 2. The average Bonchev–Trinajstić information content (AvgIpc) is 2.71. The number of benzene rings is 1. The number of hydrogen-bond acceptors (Lipinski definition) is 5. The van der Waals surface area contributed by atoms with E-state index in [2.05, 4.69) is 15.6 Å². The number of nitrogens with one attached hydrogen (secondary N) is 2. The lowest BCUT2D eigenvalue weighted by Gasteiger charge is -2.26. The van der Waals surface area contributed by atoms with E-state index in [4.69, 9.17) is 0 Å². The standard InChI is InChI=1S/C19H24N4O3S/c1-20-16(24)11-21-17(25)12-27-19-22-15-10-6-5-9-14(15)18(26)23(19)13-7-3-2-4-8-13/h5-6,9-10,13H,2-4,7-8,11-12H2,1H3,(H,20,24)(H,21,25). The smallest absolute Gasteiger partial charge is 0.262 e. The molecule has 0 spiro atoms. The van der Waals surface area contributed by atoms with Crippen LogP contribution in [-0.4, -0.2) is 40.7 Å². The number of hydrogen-bond donors (Lipinski definition) is 2. The van der Waals surface area contributed by atoms with Crippen molar-refractivity contribution in [1.29, 1.82) is 0 Å². The lowest BCUT2D eigenvalue weighted by atomic mass is 9.95. The Morgan fingerprint density at radius 1 is 1.19 bits per heavy atom. The summed E-state index contributed by atoms with van der Waals surface area (Å²) in [6, 6.07) is 7.44. The van der Waals surface area contributed by atoms with Gasteiger partial charge in [-0.25, -0.2) is 4.98 Å². The second-order valence-corrected chi connectivity index (χ2v) is 7.56. The van der Waals surface area contributed by atoms with Crippen LogP contribution >= 0.6 is 11.8 Å². The molecule has 0 saturated heterocycles. The summed E-state index contributed by atoms with van der Waals surface area (Å²) in [5.74, 6) is -0.411. The number of amides is 2. The third kappa shape index (κ3) is 4.68. The van der Waals surface area contributed by atoms with Gasteiger partial charge in [-0.2, -0.15) is 0 Å². The monoisotopic (exact) mass is 388 g/mol. The Balaban J connectivity index is 1.85. The fourth-order valence-corrected chi connectivity index (χ4v) is 4.23. The molecule has 1 aromatic carbocycles. The fraction of sp³-hybridized carbons (Fsp3) is 0.474. The van der Waals surface area contributed by atoms with Gasteiger partial charge in [-0.3, -0.25) is 19.0 Å². The predicted molar refractivity (Wildman–Crippen MR) is 106 cm³/mol. The molecule has 0 unspecified atom stereocenters. The Hall–Kier alpha value is -2.35. The van der Waals surface area contributed by atoms with Crippen LogP contribution in [-0.2, 0) is 9.59 Å². The van der Waals surface area contributed by atoms with Crippen molar-refractivity contribution in [2.75, 3.05) is 19.3 Å². The summed E-state index contributed by atoms with van der Waals surface area (Å²) in [6.45, 7) is -0.0591. The van der Waals surface area contributed by atoms with Gasteiger partial charge < -0.3 is 10.6 Å². The quantitative estimate of drug-likeness (QED) is 0.582. The zero-order valence-corrected chi connectivity index (χ0v) is 16.2. The lowest BCUT2D eigenvalue weighted by Crippen LogP contribution is -2.36. The van der Waals surface area contributed by atoms with E-state index in [0.29, 0.717) is 16.1 Å². The minimum Gasteiger partial charge on any atom is -0.358 e. The van der Waals surface area contributed by atoms with Crippen molar-refractivity contribution >= 4 is 34.5 Å². The van der Waals surface area contributed by atoms with Gasteiger partial charge in [0.05, 0.1) is 23.2 Å². The molecule has 2 aromatic rings. The van der Waals surface area contributed by atoms with Gasteiger partial charge in [-0.1, -0.05) is 43.2 Å². The molecule has 1 saturated carbocycles. The van der Waals surface area contributed by atoms with Crippen molar-refractivity contribution in [3.8, 4) is 0 Å². The van der Waals surface area contributed by atoms with Crippen molar-refractivity contribution in [3.63, 3.8) is 0 Å². The molecule has 144 valence electrons. The molecule has 0 atom stereocenters. The van der Waals surface area contributed by atoms with E-state index in [1.54, 1.807) is 10.6 Å². The van der Waals surface area contributed by atoms with E-state index in [1.807, 2.05) is 18.2 Å². The summed E-state index contributed by atoms with van der Waals surface area (Å²) in [5.41, 5.74) is 0.601.